The van der Waals surface area contributed by atoms with Gasteiger partial charge in [0.2, 0.25) is 11.5 Å². The van der Waals surface area contributed by atoms with Crippen molar-refractivity contribution in [2.75, 3.05) is 0 Å². The minimum Gasteiger partial charge on any atom is -0.462 e. The van der Waals surface area contributed by atoms with Crippen LogP contribution in [0, 0.1) is 6.92 Å². The number of aryl methyl sites for hydroxylation is 1. The van der Waals surface area contributed by atoms with Crippen LogP contribution in [0.25, 0.3) is 0 Å². The normalized spacial score (nSPS) is 11.1. The number of carbonyl (C=O) groups excluding carboxylic acids is 2. The molecule has 0 fully saturated rings. The molecule has 1 rings (SSSR count). The van der Waals surface area contributed by atoms with Crippen LogP contribution < -0.4 is 9.47 Å². The van der Waals surface area contributed by atoms with E-state index in [1.165, 1.54) is 109 Å². The number of ether oxygens (including phenoxy) is 2. The smallest absolute Gasteiger partial charge is 0.311 e. The predicted octanol–water partition coefficient (Wildman–Crippen LogP) is 10.8. The Morgan fingerprint density at radius 1 is 0.553 bits per heavy atom. The van der Waals surface area contributed by atoms with E-state index in [4.69, 9.17) is 13.9 Å². The van der Waals surface area contributed by atoms with Gasteiger partial charge in [-0.05, 0) is 19.8 Å². The second kappa shape index (κ2) is 24.3. The van der Waals surface area contributed by atoms with Crippen molar-refractivity contribution < 1.29 is 23.5 Å². The zero-order chi connectivity index (χ0) is 27.7. The van der Waals surface area contributed by atoms with Crippen LogP contribution in [-0.2, 0) is 9.59 Å². The van der Waals surface area contributed by atoms with E-state index < -0.39 is 0 Å². The summed E-state index contributed by atoms with van der Waals surface area (Å²) in [4.78, 5) is 24.6. The van der Waals surface area contributed by atoms with Crippen LogP contribution in [0.15, 0.2) is 10.7 Å². The number of carbonyl (C=O) groups is 2. The summed E-state index contributed by atoms with van der Waals surface area (Å²) < 4.78 is 16.3. The first kappa shape index (κ1) is 34.2. The molecular weight excluding hydrogens is 476 g/mol. The Morgan fingerprint density at radius 3 is 1.29 bits per heavy atom. The molecule has 0 saturated carbocycles. The molecule has 1 heterocycles. The van der Waals surface area contributed by atoms with E-state index in [-0.39, 0.29) is 23.4 Å². The molecule has 0 aliphatic heterocycles. The topological polar surface area (TPSA) is 65.7 Å². The largest absolute Gasteiger partial charge is 0.462 e. The summed E-state index contributed by atoms with van der Waals surface area (Å²) in [5.74, 6) is 0.306. The lowest BCUT2D eigenvalue weighted by Gasteiger charge is -2.07. The summed E-state index contributed by atoms with van der Waals surface area (Å²) in [5, 5.41) is 0. The van der Waals surface area contributed by atoms with Gasteiger partial charge in [0.05, 0.1) is 0 Å². The number of rotatable bonds is 26. The molecule has 5 heteroatoms. The molecule has 38 heavy (non-hydrogen) atoms. The van der Waals surface area contributed by atoms with E-state index >= 15 is 0 Å². The first-order valence-electron chi connectivity index (χ1n) is 16.1. The zero-order valence-corrected chi connectivity index (χ0v) is 25.1. The minimum absolute atomic E-state index is 0.211. The van der Waals surface area contributed by atoms with Gasteiger partial charge in [0, 0.05) is 12.8 Å². The number of hydrogen-bond donors (Lipinski definition) is 0. The van der Waals surface area contributed by atoms with Crippen molar-refractivity contribution >= 4 is 11.9 Å². The molecule has 0 radical (unpaired) electrons. The molecule has 0 spiro atoms. The molecule has 0 bridgehead atoms. The van der Waals surface area contributed by atoms with Crippen LogP contribution in [0.4, 0.5) is 0 Å². The van der Waals surface area contributed by atoms with Crippen molar-refractivity contribution in [3.8, 4) is 11.5 Å². The molecule has 0 saturated heterocycles. The molecule has 0 unspecified atom stereocenters. The summed E-state index contributed by atoms with van der Waals surface area (Å²) >= 11 is 0. The van der Waals surface area contributed by atoms with Crippen LogP contribution >= 0.6 is 0 Å². The Kier molecular flexibility index (Phi) is 21.9. The van der Waals surface area contributed by atoms with Gasteiger partial charge in [0.15, 0.2) is 0 Å². The molecule has 0 N–H and O–H groups in total. The maximum atomic E-state index is 12.3. The highest BCUT2D eigenvalue weighted by Crippen LogP contribution is 2.34. The van der Waals surface area contributed by atoms with Gasteiger partial charge in [0.1, 0.15) is 12.0 Å². The summed E-state index contributed by atoms with van der Waals surface area (Å²) in [7, 11) is 0. The monoisotopic (exact) mass is 534 g/mol. The average Bonchev–Trinajstić information content (AvgIpc) is 3.24. The molecule has 0 aliphatic carbocycles. The summed E-state index contributed by atoms with van der Waals surface area (Å²) in [5.41, 5.74) is 0. The van der Waals surface area contributed by atoms with Crippen molar-refractivity contribution in [2.45, 2.75) is 175 Å². The number of unbranched alkanes of at least 4 members (excludes halogenated alkanes) is 20. The quantitative estimate of drug-likeness (QED) is 0.0873. The van der Waals surface area contributed by atoms with E-state index in [2.05, 4.69) is 13.8 Å². The second-order valence-corrected chi connectivity index (χ2v) is 11.0. The SMILES string of the molecule is CCCCCCCCCCCCCC(=O)Oc1coc(C)c1OC(=O)CCCCCCCCCCCCC. The molecule has 1 aromatic heterocycles. The summed E-state index contributed by atoms with van der Waals surface area (Å²) in [6.07, 6.45) is 29.3. The molecule has 0 atom stereocenters. The van der Waals surface area contributed by atoms with Gasteiger partial charge >= 0.3 is 11.9 Å². The first-order chi connectivity index (χ1) is 18.6. The molecule has 0 amide bonds. The Bertz CT molecular complexity index is 708. The van der Waals surface area contributed by atoms with E-state index in [0.29, 0.717) is 18.6 Å². The van der Waals surface area contributed by atoms with E-state index in [0.717, 1.165) is 38.5 Å². The van der Waals surface area contributed by atoms with Crippen LogP contribution in [0.5, 0.6) is 11.5 Å². The molecular formula is C33H58O5. The molecule has 220 valence electrons. The van der Waals surface area contributed by atoms with Gasteiger partial charge in [0.25, 0.3) is 0 Å². The second-order valence-electron chi connectivity index (χ2n) is 11.0. The average molecular weight is 535 g/mol. The lowest BCUT2D eigenvalue weighted by atomic mass is 10.1. The third kappa shape index (κ3) is 18.5. The minimum atomic E-state index is -0.301. The highest BCUT2D eigenvalue weighted by Gasteiger charge is 2.19. The summed E-state index contributed by atoms with van der Waals surface area (Å²) in [6, 6.07) is 0. The van der Waals surface area contributed by atoms with E-state index in [1.807, 2.05) is 0 Å². The predicted molar refractivity (Wildman–Crippen MR) is 157 cm³/mol. The maximum Gasteiger partial charge on any atom is 0.311 e. The number of hydrogen-bond acceptors (Lipinski definition) is 5. The van der Waals surface area contributed by atoms with Gasteiger partial charge in [-0.3, -0.25) is 9.59 Å². The number of esters is 2. The molecule has 5 nitrogen and oxygen atoms in total. The van der Waals surface area contributed by atoms with Gasteiger partial charge in [-0.15, -0.1) is 0 Å². The standard InChI is InChI=1S/C33H58O5/c1-4-6-8-10-12-14-16-18-20-22-24-26-31(34)37-30-28-36-29(3)33(30)38-32(35)27-25-23-21-19-17-15-13-11-9-7-5-2/h28H,4-27H2,1-3H3. The van der Waals surface area contributed by atoms with Gasteiger partial charge in [-0.1, -0.05) is 142 Å². The van der Waals surface area contributed by atoms with Crippen molar-refractivity contribution in [1.29, 1.82) is 0 Å². The van der Waals surface area contributed by atoms with Gasteiger partial charge in [-0.25, -0.2) is 0 Å². The number of furan rings is 1. The lowest BCUT2D eigenvalue weighted by Crippen LogP contribution is -2.11. The van der Waals surface area contributed by atoms with Crippen molar-refractivity contribution in [1.82, 2.24) is 0 Å². The molecule has 0 aliphatic rings. The van der Waals surface area contributed by atoms with Crippen molar-refractivity contribution in [2.24, 2.45) is 0 Å². The highest BCUT2D eigenvalue weighted by atomic mass is 16.6. The molecule has 1 aromatic rings. The first-order valence-corrected chi connectivity index (χ1v) is 16.1. The zero-order valence-electron chi connectivity index (χ0n) is 25.1. The fourth-order valence-electron chi connectivity index (χ4n) is 4.82. The van der Waals surface area contributed by atoms with Crippen LogP contribution in [0.3, 0.4) is 0 Å². The van der Waals surface area contributed by atoms with Crippen LogP contribution in [0.1, 0.15) is 174 Å². The third-order valence-electron chi connectivity index (χ3n) is 7.29. The summed E-state index contributed by atoms with van der Waals surface area (Å²) in [6.45, 7) is 6.22. The van der Waals surface area contributed by atoms with E-state index in [9.17, 15) is 9.59 Å². The Balaban J connectivity index is 2.11. The van der Waals surface area contributed by atoms with Gasteiger partial charge < -0.3 is 13.9 Å². The Labute approximate surface area is 233 Å². The van der Waals surface area contributed by atoms with Gasteiger partial charge in [-0.2, -0.15) is 0 Å². The highest BCUT2D eigenvalue weighted by molar-refractivity contribution is 5.76. The lowest BCUT2D eigenvalue weighted by molar-refractivity contribution is -0.137. The maximum absolute atomic E-state index is 12.3. The fourth-order valence-corrected chi connectivity index (χ4v) is 4.82. The fraction of sp³-hybridized carbons (Fsp3) is 0.818. The van der Waals surface area contributed by atoms with Crippen molar-refractivity contribution in [3.63, 3.8) is 0 Å². The molecule has 0 aromatic carbocycles. The van der Waals surface area contributed by atoms with Crippen molar-refractivity contribution in [3.05, 3.63) is 12.0 Å². The third-order valence-corrected chi connectivity index (χ3v) is 7.29. The van der Waals surface area contributed by atoms with Crippen LogP contribution in [0.2, 0.25) is 0 Å². The van der Waals surface area contributed by atoms with Crippen LogP contribution in [-0.4, -0.2) is 11.9 Å². The van der Waals surface area contributed by atoms with E-state index in [1.54, 1.807) is 6.92 Å². The Hall–Kier alpha value is -1.78. The Morgan fingerprint density at radius 2 is 0.895 bits per heavy atom.